The minimum absolute atomic E-state index is 0.0970. The molecule has 1 aliphatic rings. The zero-order valence-corrected chi connectivity index (χ0v) is 6.71. The highest BCUT2D eigenvalue weighted by Crippen LogP contribution is 2.24. The lowest BCUT2D eigenvalue weighted by atomic mass is 10.1. The Kier molecular flexibility index (Phi) is 3.41. The van der Waals surface area contributed by atoms with Crippen LogP contribution < -0.4 is 5.32 Å². The second-order valence-corrected chi connectivity index (χ2v) is 3.09. The second kappa shape index (κ2) is 4.38. The first kappa shape index (κ1) is 8.58. The number of nitrogens with one attached hydrogen (secondary N) is 1. The van der Waals surface area contributed by atoms with E-state index in [0.29, 0.717) is 12.5 Å². The van der Waals surface area contributed by atoms with E-state index >= 15 is 0 Å². The maximum atomic E-state index is 9.40. The first-order valence-corrected chi connectivity index (χ1v) is 4.17. The van der Waals surface area contributed by atoms with Crippen molar-refractivity contribution in [2.45, 2.75) is 25.4 Å². The van der Waals surface area contributed by atoms with Crippen molar-refractivity contribution in [1.82, 2.24) is 5.32 Å². The van der Waals surface area contributed by atoms with Gasteiger partial charge >= 0.3 is 0 Å². The van der Waals surface area contributed by atoms with E-state index in [1.165, 1.54) is 0 Å². The third-order valence-electron chi connectivity index (χ3n) is 2.25. The average molecular weight is 153 g/mol. The fourth-order valence-electron chi connectivity index (χ4n) is 1.59. The summed E-state index contributed by atoms with van der Waals surface area (Å²) in [5.41, 5.74) is 0. The second-order valence-electron chi connectivity index (χ2n) is 3.09. The topological polar surface area (TPSA) is 32.3 Å². The van der Waals surface area contributed by atoms with Crippen molar-refractivity contribution < 1.29 is 5.11 Å². The van der Waals surface area contributed by atoms with Gasteiger partial charge in [0.1, 0.15) is 0 Å². The highest BCUT2D eigenvalue weighted by atomic mass is 16.3. The molecule has 62 valence electrons. The number of hydrogen-bond donors (Lipinski definition) is 2. The summed E-state index contributed by atoms with van der Waals surface area (Å²) in [7, 11) is 0. The molecule has 1 aliphatic carbocycles. The van der Waals surface area contributed by atoms with Gasteiger partial charge in [-0.05, 0) is 18.8 Å². The molecule has 0 amide bonds. The molecule has 1 rings (SSSR count). The minimum atomic E-state index is -0.0970. The molecule has 2 heteroatoms. The normalized spacial score (nSPS) is 30.2. The monoisotopic (exact) mass is 153 g/mol. The molecule has 2 N–H and O–H groups in total. The number of rotatable bonds is 3. The number of hydrogen-bond acceptors (Lipinski definition) is 2. The van der Waals surface area contributed by atoms with E-state index in [4.69, 9.17) is 6.42 Å². The van der Waals surface area contributed by atoms with Crippen LogP contribution in [0.15, 0.2) is 0 Å². The van der Waals surface area contributed by atoms with Crippen LogP contribution in [-0.2, 0) is 0 Å². The van der Waals surface area contributed by atoms with Gasteiger partial charge in [-0.25, -0.2) is 0 Å². The van der Waals surface area contributed by atoms with Gasteiger partial charge in [0.15, 0.2) is 0 Å². The quantitative estimate of drug-likeness (QED) is 0.453. The van der Waals surface area contributed by atoms with Crippen LogP contribution in [0.2, 0.25) is 0 Å². The van der Waals surface area contributed by atoms with Crippen LogP contribution in [0.25, 0.3) is 0 Å². The third-order valence-corrected chi connectivity index (χ3v) is 2.25. The Balaban J connectivity index is 2.11. The summed E-state index contributed by atoms with van der Waals surface area (Å²) in [6, 6.07) is 0. The van der Waals surface area contributed by atoms with Crippen molar-refractivity contribution in [1.29, 1.82) is 0 Å². The van der Waals surface area contributed by atoms with E-state index in [0.717, 1.165) is 25.8 Å². The molecule has 11 heavy (non-hydrogen) atoms. The van der Waals surface area contributed by atoms with Crippen LogP contribution in [-0.4, -0.2) is 24.3 Å². The van der Waals surface area contributed by atoms with Gasteiger partial charge in [0.2, 0.25) is 0 Å². The molecule has 0 spiro atoms. The lowest BCUT2D eigenvalue weighted by molar-refractivity contribution is 0.132. The van der Waals surface area contributed by atoms with E-state index in [2.05, 4.69) is 11.2 Å². The molecule has 0 heterocycles. The van der Waals surface area contributed by atoms with Crippen molar-refractivity contribution in [2.24, 2.45) is 5.92 Å². The summed E-state index contributed by atoms with van der Waals surface area (Å²) >= 11 is 0. The Morgan fingerprint density at radius 1 is 1.55 bits per heavy atom. The van der Waals surface area contributed by atoms with Gasteiger partial charge in [-0.3, -0.25) is 0 Å². The molecule has 2 nitrogen and oxygen atoms in total. The summed E-state index contributed by atoms with van der Waals surface area (Å²) in [5.74, 6) is 2.95. The highest BCUT2D eigenvalue weighted by Gasteiger charge is 2.24. The molecular formula is C9H15NO. The SMILES string of the molecule is C#CCNCC1CCCC1O. The largest absolute Gasteiger partial charge is 0.393 e. The zero-order chi connectivity index (χ0) is 8.10. The van der Waals surface area contributed by atoms with E-state index < -0.39 is 0 Å². The van der Waals surface area contributed by atoms with Crippen molar-refractivity contribution in [3.63, 3.8) is 0 Å². The maximum Gasteiger partial charge on any atom is 0.0580 e. The van der Waals surface area contributed by atoms with E-state index in [1.807, 2.05) is 0 Å². The van der Waals surface area contributed by atoms with Crippen molar-refractivity contribution >= 4 is 0 Å². The highest BCUT2D eigenvalue weighted by molar-refractivity contribution is 4.88. The zero-order valence-electron chi connectivity index (χ0n) is 6.71. The molecule has 0 aliphatic heterocycles. The average Bonchev–Trinajstić information content (AvgIpc) is 2.37. The molecule has 0 aromatic rings. The molecule has 0 radical (unpaired) electrons. The first-order chi connectivity index (χ1) is 5.34. The van der Waals surface area contributed by atoms with Gasteiger partial charge in [-0.15, -0.1) is 6.42 Å². The predicted octanol–water partition coefficient (Wildman–Crippen LogP) is 0.370. The Labute approximate surface area is 68.0 Å². The smallest absolute Gasteiger partial charge is 0.0580 e. The molecule has 0 aromatic carbocycles. The Bertz CT molecular complexity index is 150. The third kappa shape index (κ3) is 2.53. The Hall–Kier alpha value is -0.520. The van der Waals surface area contributed by atoms with Crippen LogP contribution in [0.3, 0.4) is 0 Å². The fraction of sp³-hybridized carbons (Fsp3) is 0.778. The molecule has 1 saturated carbocycles. The molecule has 0 saturated heterocycles. The van der Waals surface area contributed by atoms with Crippen LogP contribution in [0.1, 0.15) is 19.3 Å². The molecular weight excluding hydrogens is 138 g/mol. The van der Waals surface area contributed by atoms with Crippen molar-refractivity contribution in [2.75, 3.05) is 13.1 Å². The summed E-state index contributed by atoms with van der Waals surface area (Å²) in [6.07, 6.45) is 8.23. The van der Waals surface area contributed by atoms with Crippen LogP contribution in [0, 0.1) is 18.3 Å². The lowest BCUT2D eigenvalue weighted by Crippen LogP contribution is -2.27. The molecule has 0 aromatic heterocycles. The van der Waals surface area contributed by atoms with Gasteiger partial charge in [0.25, 0.3) is 0 Å². The van der Waals surface area contributed by atoms with Gasteiger partial charge in [0, 0.05) is 6.54 Å². The molecule has 0 bridgehead atoms. The van der Waals surface area contributed by atoms with Gasteiger partial charge < -0.3 is 10.4 Å². The number of aliphatic hydroxyl groups excluding tert-OH is 1. The van der Waals surface area contributed by atoms with Crippen LogP contribution in [0.4, 0.5) is 0 Å². The molecule has 2 atom stereocenters. The number of terminal acetylenes is 1. The maximum absolute atomic E-state index is 9.40. The molecule has 1 fully saturated rings. The first-order valence-electron chi connectivity index (χ1n) is 4.17. The fourth-order valence-corrected chi connectivity index (χ4v) is 1.59. The minimum Gasteiger partial charge on any atom is -0.393 e. The van der Waals surface area contributed by atoms with Crippen LogP contribution >= 0.6 is 0 Å². The number of aliphatic hydroxyl groups is 1. The molecule has 2 unspecified atom stereocenters. The summed E-state index contributed by atoms with van der Waals surface area (Å²) in [4.78, 5) is 0. The van der Waals surface area contributed by atoms with Gasteiger partial charge in [-0.2, -0.15) is 0 Å². The van der Waals surface area contributed by atoms with E-state index in [9.17, 15) is 5.11 Å². The summed E-state index contributed by atoms with van der Waals surface area (Å²) in [6.45, 7) is 1.48. The predicted molar refractivity (Wildman–Crippen MR) is 45.1 cm³/mol. The van der Waals surface area contributed by atoms with Gasteiger partial charge in [-0.1, -0.05) is 12.3 Å². The van der Waals surface area contributed by atoms with Crippen LogP contribution in [0.5, 0.6) is 0 Å². The standard InChI is InChI=1S/C9H15NO/c1-2-6-10-7-8-4-3-5-9(8)11/h1,8-11H,3-7H2. The lowest BCUT2D eigenvalue weighted by Gasteiger charge is -2.13. The van der Waals surface area contributed by atoms with Crippen molar-refractivity contribution in [3.05, 3.63) is 0 Å². The van der Waals surface area contributed by atoms with E-state index in [-0.39, 0.29) is 6.10 Å². The Morgan fingerprint density at radius 3 is 2.91 bits per heavy atom. The Morgan fingerprint density at radius 2 is 2.36 bits per heavy atom. The van der Waals surface area contributed by atoms with E-state index in [1.54, 1.807) is 0 Å². The summed E-state index contributed by atoms with van der Waals surface area (Å²) in [5, 5.41) is 12.5. The van der Waals surface area contributed by atoms with Crippen molar-refractivity contribution in [3.8, 4) is 12.3 Å². The summed E-state index contributed by atoms with van der Waals surface area (Å²) < 4.78 is 0. The van der Waals surface area contributed by atoms with Gasteiger partial charge in [0.05, 0.1) is 12.6 Å².